The normalized spacial score (nSPS) is 42.5. The molecule has 0 N–H and O–H groups in total. The van der Waals surface area contributed by atoms with Crippen LogP contribution < -0.4 is 21.5 Å². The van der Waals surface area contributed by atoms with Gasteiger partial charge in [0, 0.05) is 0 Å². The summed E-state index contributed by atoms with van der Waals surface area (Å²) in [4.78, 5) is 0. The number of ether oxygens (including phenoxy) is 1. The molecule has 60 valence electrons. The van der Waals surface area contributed by atoms with Gasteiger partial charge in [-0.15, -0.1) is 0 Å². The molecule has 0 aromatic rings. The molecule has 2 aliphatic heterocycles. The molecule has 10 heavy (non-hydrogen) atoms. The van der Waals surface area contributed by atoms with Crippen molar-refractivity contribution in [1.29, 1.82) is 0 Å². The van der Waals surface area contributed by atoms with Crippen LogP contribution in [0.3, 0.4) is 0 Å². The third kappa shape index (κ3) is 1.46. The molecule has 2 saturated heterocycles. The van der Waals surface area contributed by atoms with Crippen LogP contribution in [-0.2, 0) is 4.74 Å². The van der Waals surface area contributed by atoms with Crippen LogP contribution in [-0.4, -0.2) is 33.3 Å². The summed E-state index contributed by atoms with van der Waals surface area (Å²) in [5, 5.41) is 0. The van der Waals surface area contributed by atoms with Gasteiger partial charge in [0.2, 0.25) is 0 Å². The van der Waals surface area contributed by atoms with Crippen LogP contribution in [0.15, 0.2) is 0 Å². The average Bonchev–Trinajstić information content (AvgIpc) is 2.22. The van der Waals surface area contributed by atoms with E-state index in [4.69, 9.17) is 4.74 Å². The van der Waals surface area contributed by atoms with Crippen LogP contribution in [0.4, 0.5) is 0 Å². The summed E-state index contributed by atoms with van der Waals surface area (Å²) in [7, 11) is 2.23. The minimum absolute atomic E-state index is 0.317. The van der Waals surface area contributed by atoms with Gasteiger partial charge in [-0.3, -0.25) is 0 Å². The maximum atomic E-state index is 5.78. The van der Waals surface area contributed by atoms with E-state index < -0.39 is 0 Å². The van der Waals surface area contributed by atoms with Crippen molar-refractivity contribution in [3.8, 4) is 0 Å². The van der Waals surface area contributed by atoms with Gasteiger partial charge in [-0.2, -0.15) is 0 Å². The van der Waals surface area contributed by atoms with E-state index in [9.17, 15) is 0 Å². The molecule has 2 rings (SSSR count). The van der Waals surface area contributed by atoms with E-state index in [0.29, 0.717) is 33.7 Å². The van der Waals surface area contributed by atoms with E-state index in [2.05, 4.69) is 10.2 Å². The SMILES string of the molecule is CN1CC2CCC(C[I-]1)O2. The van der Waals surface area contributed by atoms with Crippen LogP contribution >= 0.6 is 0 Å². The summed E-state index contributed by atoms with van der Waals surface area (Å²) >= 11 is 0.317. The number of fused-ring (bicyclic) bond motifs is 2. The first-order chi connectivity index (χ1) is 4.84. The minimum atomic E-state index is 0.317. The second-order valence-corrected chi connectivity index (χ2v) is 6.23. The number of likely N-dealkylation sites (N-methyl/N-ethyl adjacent to an activating group) is 1. The fourth-order valence-corrected chi connectivity index (χ4v) is 4.03. The van der Waals surface area contributed by atoms with Gasteiger partial charge in [0.05, 0.1) is 0 Å². The van der Waals surface area contributed by atoms with E-state index in [1.165, 1.54) is 23.8 Å². The monoisotopic (exact) mass is 254 g/mol. The zero-order valence-electron chi connectivity index (χ0n) is 6.22. The Hall–Kier alpha value is 0.650. The summed E-state index contributed by atoms with van der Waals surface area (Å²) in [5.74, 6) is 0. The van der Waals surface area contributed by atoms with Crippen molar-refractivity contribution >= 4 is 0 Å². The van der Waals surface area contributed by atoms with E-state index in [-0.39, 0.29) is 0 Å². The molecule has 2 fully saturated rings. The van der Waals surface area contributed by atoms with Gasteiger partial charge in [0.1, 0.15) is 0 Å². The maximum absolute atomic E-state index is 5.78. The van der Waals surface area contributed by atoms with Crippen LogP contribution in [0.2, 0.25) is 0 Å². The molecule has 2 aliphatic rings. The molecule has 0 aromatic carbocycles. The molecule has 0 aliphatic carbocycles. The Labute approximate surface area is 72.5 Å². The van der Waals surface area contributed by atoms with Crippen molar-refractivity contribution in [2.45, 2.75) is 25.0 Å². The van der Waals surface area contributed by atoms with E-state index in [1.54, 1.807) is 0 Å². The first-order valence-corrected chi connectivity index (χ1v) is 6.29. The predicted octanol–water partition coefficient (Wildman–Crippen LogP) is -2.52. The van der Waals surface area contributed by atoms with Gasteiger partial charge in [-0.25, -0.2) is 0 Å². The Balaban J connectivity index is 1.99. The second-order valence-electron chi connectivity index (χ2n) is 3.02. The number of hydrogen-bond donors (Lipinski definition) is 0. The Morgan fingerprint density at radius 2 is 2.20 bits per heavy atom. The van der Waals surface area contributed by atoms with E-state index in [1.807, 2.05) is 0 Å². The Bertz CT molecular complexity index is 131. The van der Waals surface area contributed by atoms with Crippen LogP contribution in [0.25, 0.3) is 0 Å². The first-order valence-electron chi connectivity index (χ1n) is 3.80. The Morgan fingerprint density at radius 3 is 3.10 bits per heavy atom. The first kappa shape index (κ1) is 7.31. The molecule has 2 atom stereocenters. The molecule has 0 spiro atoms. The van der Waals surface area contributed by atoms with Gasteiger partial charge < -0.3 is 0 Å². The van der Waals surface area contributed by atoms with Gasteiger partial charge in [0.15, 0.2) is 0 Å². The van der Waals surface area contributed by atoms with Crippen molar-refractivity contribution in [1.82, 2.24) is 3.11 Å². The fourth-order valence-electron chi connectivity index (χ4n) is 1.55. The van der Waals surface area contributed by atoms with Gasteiger partial charge >= 0.3 is 72.4 Å². The Kier molecular flexibility index (Phi) is 2.15. The van der Waals surface area contributed by atoms with Gasteiger partial charge in [-0.05, 0) is 0 Å². The second kappa shape index (κ2) is 2.95. The van der Waals surface area contributed by atoms with Crippen molar-refractivity contribution in [3.63, 3.8) is 0 Å². The zero-order chi connectivity index (χ0) is 6.97. The molecule has 0 saturated carbocycles. The number of rotatable bonds is 0. The predicted molar refractivity (Wildman–Crippen MR) is 35.4 cm³/mol. The van der Waals surface area contributed by atoms with Gasteiger partial charge in [0.25, 0.3) is 0 Å². The Morgan fingerprint density at radius 1 is 1.40 bits per heavy atom. The molecule has 2 unspecified atom stereocenters. The van der Waals surface area contributed by atoms with Crippen LogP contribution in [0, 0.1) is 0 Å². The van der Waals surface area contributed by atoms with E-state index >= 15 is 0 Å². The van der Waals surface area contributed by atoms with Crippen molar-refractivity contribution in [2.24, 2.45) is 0 Å². The average molecular weight is 254 g/mol. The summed E-state index contributed by atoms with van der Waals surface area (Å²) in [6, 6.07) is 0. The molecule has 3 heteroatoms. The fraction of sp³-hybridized carbons (Fsp3) is 1.00. The number of hydrogen-bond acceptors (Lipinski definition) is 2. The summed E-state index contributed by atoms with van der Waals surface area (Å²) < 4.78 is 9.62. The topological polar surface area (TPSA) is 12.5 Å². The molecule has 2 bridgehead atoms. The number of alkyl halides is 1. The molecule has 0 amide bonds. The van der Waals surface area contributed by atoms with Crippen LogP contribution in [0.1, 0.15) is 12.8 Å². The molecule has 2 heterocycles. The summed E-state index contributed by atoms with van der Waals surface area (Å²) in [6.07, 6.45) is 3.86. The third-order valence-electron chi connectivity index (χ3n) is 2.10. The zero-order valence-corrected chi connectivity index (χ0v) is 8.37. The number of nitrogens with zero attached hydrogens (tertiary/aromatic N) is 1. The molecular weight excluding hydrogens is 241 g/mol. The van der Waals surface area contributed by atoms with Crippen molar-refractivity contribution in [3.05, 3.63) is 0 Å². The van der Waals surface area contributed by atoms with Gasteiger partial charge in [-0.1, -0.05) is 0 Å². The third-order valence-corrected chi connectivity index (χ3v) is 5.03. The van der Waals surface area contributed by atoms with Crippen LogP contribution in [0.5, 0.6) is 0 Å². The standard InChI is InChI=1S/C7H13INO/c1-9-5-7-3-2-6(10-7)4-8-9/h6-7H,2-5H2,1H3/q-1. The molecule has 2 nitrogen and oxygen atoms in total. The number of halogens is 1. The van der Waals surface area contributed by atoms with E-state index in [0.717, 1.165) is 0 Å². The quantitative estimate of drug-likeness (QED) is 0.269. The van der Waals surface area contributed by atoms with Crippen molar-refractivity contribution in [2.75, 3.05) is 18.0 Å². The summed E-state index contributed by atoms with van der Waals surface area (Å²) in [6.45, 7) is 1.20. The molecule has 0 aromatic heterocycles. The molecular formula is C7H13INO-. The van der Waals surface area contributed by atoms with Crippen molar-refractivity contribution < 1.29 is 26.2 Å². The molecule has 0 radical (unpaired) electrons. The summed E-state index contributed by atoms with van der Waals surface area (Å²) in [5.41, 5.74) is 0.